The molecule has 0 unspecified atom stereocenters. The molecule has 0 aliphatic heterocycles. The van der Waals surface area contributed by atoms with Crippen LogP contribution in [-0.4, -0.2) is 17.6 Å². The van der Waals surface area contributed by atoms with Crippen LogP contribution in [0.3, 0.4) is 0 Å². The van der Waals surface area contributed by atoms with Crippen LogP contribution in [0.25, 0.3) is 6.08 Å². The summed E-state index contributed by atoms with van der Waals surface area (Å²) in [6, 6.07) is 25.7. The van der Waals surface area contributed by atoms with Crippen molar-refractivity contribution in [1.82, 2.24) is 5.32 Å². The number of thioether (sulfide) groups is 1. The largest absolute Gasteiger partial charge is 0.321 e. The van der Waals surface area contributed by atoms with E-state index in [4.69, 9.17) is 5.26 Å². The molecule has 3 rings (SSSR count). The van der Waals surface area contributed by atoms with Crippen molar-refractivity contribution in [3.05, 3.63) is 101 Å². The number of hydrogen-bond donors (Lipinski definition) is 2. The van der Waals surface area contributed by atoms with Crippen molar-refractivity contribution < 1.29 is 9.59 Å². The lowest BCUT2D eigenvalue weighted by Crippen LogP contribution is -2.30. The molecule has 3 aromatic rings. The SMILES string of the molecule is Cc1ccccc1/C=C(\NC(=O)c1ccccc1)C(=O)Nc1cccc(SCC#N)c1. The van der Waals surface area contributed by atoms with E-state index in [0.717, 1.165) is 16.0 Å². The van der Waals surface area contributed by atoms with Crippen LogP contribution in [-0.2, 0) is 4.79 Å². The number of nitrogens with zero attached hydrogens (tertiary/aromatic N) is 1. The summed E-state index contributed by atoms with van der Waals surface area (Å²) in [6.07, 6.45) is 1.67. The number of carbonyl (C=O) groups is 2. The highest BCUT2D eigenvalue weighted by molar-refractivity contribution is 7.99. The molecule has 5 nitrogen and oxygen atoms in total. The number of rotatable bonds is 7. The Labute approximate surface area is 185 Å². The fraction of sp³-hybridized carbons (Fsp3) is 0.0800. The van der Waals surface area contributed by atoms with Crippen LogP contribution in [0.5, 0.6) is 0 Å². The Balaban J connectivity index is 1.87. The van der Waals surface area contributed by atoms with Gasteiger partial charge in [0.25, 0.3) is 11.8 Å². The van der Waals surface area contributed by atoms with Gasteiger partial charge in [-0.3, -0.25) is 9.59 Å². The van der Waals surface area contributed by atoms with Crippen LogP contribution in [0.2, 0.25) is 0 Å². The maximum atomic E-state index is 13.1. The Morgan fingerprint density at radius 1 is 1.00 bits per heavy atom. The van der Waals surface area contributed by atoms with E-state index in [1.807, 2.05) is 49.4 Å². The van der Waals surface area contributed by atoms with Gasteiger partial charge in [-0.25, -0.2) is 0 Å². The molecule has 2 amide bonds. The summed E-state index contributed by atoms with van der Waals surface area (Å²) in [6.45, 7) is 1.94. The zero-order chi connectivity index (χ0) is 22.1. The molecule has 0 spiro atoms. The summed E-state index contributed by atoms with van der Waals surface area (Å²) < 4.78 is 0. The summed E-state index contributed by atoms with van der Waals surface area (Å²) in [5.41, 5.74) is 2.99. The van der Waals surface area contributed by atoms with Crippen molar-refractivity contribution in [2.45, 2.75) is 11.8 Å². The van der Waals surface area contributed by atoms with Gasteiger partial charge in [-0.05, 0) is 54.5 Å². The Morgan fingerprint density at radius 2 is 1.74 bits per heavy atom. The van der Waals surface area contributed by atoms with E-state index >= 15 is 0 Å². The molecule has 3 aromatic carbocycles. The lowest BCUT2D eigenvalue weighted by molar-refractivity contribution is -0.113. The van der Waals surface area contributed by atoms with Gasteiger partial charge in [0.05, 0.1) is 11.8 Å². The molecular formula is C25H21N3O2S. The number of nitrogens with one attached hydrogen (secondary N) is 2. The Morgan fingerprint density at radius 3 is 2.48 bits per heavy atom. The van der Waals surface area contributed by atoms with Gasteiger partial charge < -0.3 is 10.6 Å². The normalized spacial score (nSPS) is 10.8. The van der Waals surface area contributed by atoms with Crippen LogP contribution in [0.4, 0.5) is 5.69 Å². The first kappa shape index (κ1) is 21.9. The van der Waals surface area contributed by atoms with E-state index < -0.39 is 5.91 Å². The number of carbonyl (C=O) groups excluding carboxylic acids is 2. The highest BCUT2D eigenvalue weighted by Gasteiger charge is 2.15. The smallest absolute Gasteiger partial charge is 0.272 e. The number of aryl methyl sites for hydroxylation is 1. The molecule has 0 aliphatic rings. The van der Waals surface area contributed by atoms with Crippen molar-refractivity contribution in [3.63, 3.8) is 0 Å². The van der Waals surface area contributed by atoms with E-state index in [-0.39, 0.29) is 11.6 Å². The van der Waals surface area contributed by atoms with Crippen molar-refractivity contribution in [3.8, 4) is 6.07 Å². The van der Waals surface area contributed by atoms with E-state index in [9.17, 15) is 9.59 Å². The lowest BCUT2D eigenvalue weighted by Gasteiger charge is -2.12. The molecule has 0 saturated heterocycles. The minimum absolute atomic E-state index is 0.137. The highest BCUT2D eigenvalue weighted by atomic mass is 32.2. The molecule has 0 radical (unpaired) electrons. The van der Waals surface area contributed by atoms with Gasteiger partial charge in [-0.15, -0.1) is 11.8 Å². The van der Waals surface area contributed by atoms with Crippen molar-refractivity contribution >= 4 is 35.3 Å². The highest BCUT2D eigenvalue weighted by Crippen LogP contribution is 2.22. The number of anilines is 1. The number of benzene rings is 3. The van der Waals surface area contributed by atoms with Gasteiger partial charge in [0.1, 0.15) is 5.70 Å². The zero-order valence-corrected chi connectivity index (χ0v) is 17.8. The number of hydrogen-bond acceptors (Lipinski definition) is 4. The van der Waals surface area contributed by atoms with Crippen LogP contribution < -0.4 is 10.6 Å². The quantitative estimate of drug-likeness (QED) is 0.410. The van der Waals surface area contributed by atoms with Gasteiger partial charge in [-0.2, -0.15) is 5.26 Å². The molecule has 0 aliphatic carbocycles. The molecule has 0 heterocycles. The molecule has 0 bridgehead atoms. The second-order valence-electron chi connectivity index (χ2n) is 6.66. The topological polar surface area (TPSA) is 82.0 Å². The minimum atomic E-state index is -0.435. The maximum Gasteiger partial charge on any atom is 0.272 e. The summed E-state index contributed by atoms with van der Waals surface area (Å²) >= 11 is 1.39. The summed E-state index contributed by atoms with van der Waals surface area (Å²) in [5, 5.41) is 14.3. The lowest BCUT2D eigenvalue weighted by atomic mass is 10.1. The monoisotopic (exact) mass is 427 g/mol. The molecule has 0 aromatic heterocycles. The van der Waals surface area contributed by atoms with Gasteiger partial charge >= 0.3 is 0 Å². The van der Waals surface area contributed by atoms with Crippen molar-refractivity contribution in [2.24, 2.45) is 0 Å². The molecule has 2 N–H and O–H groups in total. The number of amides is 2. The summed E-state index contributed by atoms with van der Waals surface area (Å²) in [7, 11) is 0. The van der Waals surface area contributed by atoms with Gasteiger partial charge in [0, 0.05) is 16.1 Å². The predicted octanol–water partition coefficient (Wildman–Crippen LogP) is 5.02. The van der Waals surface area contributed by atoms with Gasteiger partial charge in [0.2, 0.25) is 0 Å². The molecule has 0 fully saturated rings. The third-order valence-electron chi connectivity index (χ3n) is 4.41. The number of nitriles is 1. The van der Waals surface area contributed by atoms with Crippen LogP contribution >= 0.6 is 11.8 Å². The first-order valence-electron chi connectivity index (χ1n) is 9.61. The molecule has 6 heteroatoms. The molecule has 31 heavy (non-hydrogen) atoms. The second-order valence-corrected chi connectivity index (χ2v) is 7.71. The van der Waals surface area contributed by atoms with Crippen LogP contribution in [0, 0.1) is 18.3 Å². The van der Waals surface area contributed by atoms with Gasteiger partial charge in [0.15, 0.2) is 0 Å². The average molecular weight is 428 g/mol. The molecular weight excluding hydrogens is 406 g/mol. The molecule has 0 saturated carbocycles. The standard InChI is InChI=1S/C25H21N3O2S/c1-18-8-5-6-11-20(18)16-23(28-24(29)19-9-3-2-4-10-19)25(30)27-21-12-7-13-22(17-21)31-15-14-26/h2-13,16-17H,15H2,1H3,(H,27,30)(H,28,29)/b23-16-. The predicted molar refractivity (Wildman–Crippen MR) is 124 cm³/mol. The minimum Gasteiger partial charge on any atom is -0.321 e. The first-order chi connectivity index (χ1) is 15.1. The molecule has 0 atom stereocenters. The van der Waals surface area contributed by atoms with Crippen LogP contribution in [0.1, 0.15) is 21.5 Å². The third kappa shape index (κ3) is 6.33. The second kappa shape index (κ2) is 10.8. The Bertz CT molecular complexity index is 1150. The van der Waals surface area contributed by atoms with E-state index in [0.29, 0.717) is 17.0 Å². The zero-order valence-electron chi connectivity index (χ0n) is 17.0. The summed E-state index contributed by atoms with van der Waals surface area (Å²) in [5.74, 6) is -0.480. The van der Waals surface area contributed by atoms with Crippen molar-refractivity contribution in [2.75, 3.05) is 11.1 Å². The Kier molecular flexibility index (Phi) is 7.63. The average Bonchev–Trinajstić information content (AvgIpc) is 2.79. The van der Waals surface area contributed by atoms with Crippen molar-refractivity contribution in [1.29, 1.82) is 5.26 Å². The fourth-order valence-electron chi connectivity index (χ4n) is 2.82. The molecule has 154 valence electrons. The summed E-state index contributed by atoms with van der Waals surface area (Å²) in [4.78, 5) is 26.6. The Hall–Kier alpha value is -3.82. The maximum absolute atomic E-state index is 13.1. The van der Waals surface area contributed by atoms with E-state index in [1.165, 1.54) is 11.8 Å². The van der Waals surface area contributed by atoms with Crippen LogP contribution in [0.15, 0.2) is 89.5 Å². The first-order valence-corrected chi connectivity index (χ1v) is 10.6. The van der Waals surface area contributed by atoms with E-state index in [1.54, 1.807) is 42.5 Å². The third-order valence-corrected chi connectivity index (χ3v) is 5.27. The van der Waals surface area contributed by atoms with E-state index in [2.05, 4.69) is 16.7 Å². The fourth-order valence-corrected chi connectivity index (χ4v) is 3.44. The van der Waals surface area contributed by atoms with Gasteiger partial charge in [-0.1, -0.05) is 48.5 Å².